The molecule has 20 heavy (non-hydrogen) atoms. The third-order valence-electron chi connectivity index (χ3n) is 2.99. The summed E-state index contributed by atoms with van der Waals surface area (Å²) in [5.41, 5.74) is 1.33. The van der Waals surface area contributed by atoms with E-state index in [0.717, 1.165) is 5.56 Å². The second-order valence-corrected chi connectivity index (χ2v) is 4.80. The topological polar surface area (TPSA) is 40.5 Å². The molecule has 0 aliphatic heterocycles. The highest BCUT2D eigenvalue weighted by Crippen LogP contribution is 2.19. The fourth-order valence-electron chi connectivity index (χ4n) is 1.98. The maximum Gasteiger partial charge on any atom is 0.257 e. The van der Waals surface area contributed by atoms with Crippen LogP contribution in [-0.2, 0) is 6.54 Å². The fraction of sp³-hybridized carbons (Fsp3) is 0.188. The third-order valence-corrected chi connectivity index (χ3v) is 3.16. The number of para-hydroxylation sites is 1. The smallest absolute Gasteiger partial charge is 0.257 e. The van der Waals surface area contributed by atoms with Crippen molar-refractivity contribution < 1.29 is 9.90 Å². The lowest BCUT2D eigenvalue weighted by atomic mass is 10.1. The van der Waals surface area contributed by atoms with E-state index in [0.29, 0.717) is 24.5 Å². The second-order valence-electron chi connectivity index (χ2n) is 4.42. The molecule has 0 saturated heterocycles. The molecule has 3 nitrogen and oxygen atoms in total. The number of carbonyl (C=O) groups excluding carboxylic acids is 1. The number of amides is 1. The van der Waals surface area contributed by atoms with Crippen molar-refractivity contribution in [3.8, 4) is 5.75 Å². The SMILES string of the molecule is O=C(c1ccccc1O)N(CCCl)Cc1ccccc1. The van der Waals surface area contributed by atoms with Gasteiger partial charge in [-0.1, -0.05) is 42.5 Å². The van der Waals surface area contributed by atoms with Gasteiger partial charge in [-0.15, -0.1) is 11.6 Å². The first-order valence-electron chi connectivity index (χ1n) is 6.39. The predicted molar refractivity (Wildman–Crippen MR) is 80.0 cm³/mol. The molecule has 1 amide bonds. The fourth-order valence-corrected chi connectivity index (χ4v) is 2.19. The van der Waals surface area contributed by atoms with Crippen LogP contribution in [0.2, 0.25) is 0 Å². The van der Waals surface area contributed by atoms with Crippen molar-refractivity contribution in [2.45, 2.75) is 6.54 Å². The summed E-state index contributed by atoms with van der Waals surface area (Å²) in [6, 6.07) is 16.2. The van der Waals surface area contributed by atoms with Crippen LogP contribution in [-0.4, -0.2) is 28.3 Å². The molecule has 0 aliphatic carbocycles. The van der Waals surface area contributed by atoms with Crippen molar-refractivity contribution in [2.75, 3.05) is 12.4 Å². The van der Waals surface area contributed by atoms with E-state index in [1.165, 1.54) is 6.07 Å². The number of nitrogens with zero attached hydrogens (tertiary/aromatic N) is 1. The Bertz CT molecular complexity index is 572. The van der Waals surface area contributed by atoms with Crippen LogP contribution >= 0.6 is 11.6 Å². The molecule has 2 aromatic carbocycles. The van der Waals surface area contributed by atoms with Crippen molar-refractivity contribution in [3.05, 3.63) is 65.7 Å². The number of carbonyl (C=O) groups is 1. The quantitative estimate of drug-likeness (QED) is 0.858. The molecule has 0 aliphatic rings. The van der Waals surface area contributed by atoms with Crippen LogP contribution in [0.4, 0.5) is 0 Å². The summed E-state index contributed by atoms with van der Waals surface area (Å²) in [4.78, 5) is 14.1. The molecular formula is C16H16ClNO2. The lowest BCUT2D eigenvalue weighted by Crippen LogP contribution is -2.32. The van der Waals surface area contributed by atoms with E-state index in [1.54, 1.807) is 23.1 Å². The number of aromatic hydroxyl groups is 1. The Hall–Kier alpha value is -2.00. The molecule has 0 atom stereocenters. The van der Waals surface area contributed by atoms with Crippen molar-refractivity contribution in [3.63, 3.8) is 0 Å². The Morgan fingerprint density at radius 2 is 1.70 bits per heavy atom. The predicted octanol–water partition coefficient (Wildman–Crippen LogP) is 3.27. The number of alkyl halides is 1. The Morgan fingerprint density at radius 1 is 1.05 bits per heavy atom. The zero-order valence-electron chi connectivity index (χ0n) is 11.0. The molecule has 104 valence electrons. The molecule has 4 heteroatoms. The highest BCUT2D eigenvalue weighted by molar-refractivity contribution is 6.18. The highest BCUT2D eigenvalue weighted by Gasteiger charge is 2.18. The summed E-state index contributed by atoms with van der Waals surface area (Å²) >= 11 is 5.78. The molecule has 2 rings (SSSR count). The molecule has 0 spiro atoms. The van der Waals surface area contributed by atoms with Crippen molar-refractivity contribution >= 4 is 17.5 Å². The molecular weight excluding hydrogens is 274 g/mol. The van der Waals surface area contributed by atoms with Crippen LogP contribution < -0.4 is 0 Å². The standard InChI is InChI=1S/C16H16ClNO2/c17-10-11-18(12-13-6-2-1-3-7-13)16(20)14-8-4-5-9-15(14)19/h1-9,19H,10-12H2. The van der Waals surface area contributed by atoms with Gasteiger partial charge >= 0.3 is 0 Å². The van der Waals surface area contributed by atoms with Crippen LogP contribution in [0.1, 0.15) is 15.9 Å². The number of hydrogen-bond donors (Lipinski definition) is 1. The van der Waals surface area contributed by atoms with Crippen LogP contribution in [0, 0.1) is 0 Å². The molecule has 0 heterocycles. The van der Waals surface area contributed by atoms with Crippen LogP contribution in [0.5, 0.6) is 5.75 Å². The van der Waals surface area contributed by atoms with Gasteiger partial charge in [0.15, 0.2) is 0 Å². The first kappa shape index (κ1) is 14.4. The Kier molecular flexibility index (Phi) is 5.02. The van der Waals surface area contributed by atoms with Gasteiger partial charge in [-0.25, -0.2) is 0 Å². The van der Waals surface area contributed by atoms with Gasteiger partial charge in [-0.05, 0) is 17.7 Å². The number of phenols is 1. The molecule has 1 N–H and O–H groups in total. The second kappa shape index (κ2) is 6.96. The highest BCUT2D eigenvalue weighted by atomic mass is 35.5. The number of phenolic OH excluding ortho intramolecular Hbond substituents is 1. The monoisotopic (exact) mass is 289 g/mol. The molecule has 0 fully saturated rings. The minimum absolute atomic E-state index is 0.00914. The lowest BCUT2D eigenvalue weighted by molar-refractivity contribution is 0.0750. The summed E-state index contributed by atoms with van der Waals surface area (Å²) in [6.07, 6.45) is 0. The van der Waals surface area contributed by atoms with Gasteiger partial charge in [0.1, 0.15) is 5.75 Å². The zero-order chi connectivity index (χ0) is 14.4. The van der Waals surface area contributed by atoms with E-state index >= 15 is 0 Å². The third kappa shape index (κ3) is 3.52. The van der Waals surface area contributed by atoms with Crippen molar-refractivity contribution in [1.82, 2.24) is 4.90 Å². The average molecular weight is 290 g/mol. The van der Waals surface area contributed by atoms with Gasteiger partial charge < -0.3 is 10.0 Å². The van der Waals surface area contributed by atoms with Crippen LogP contribution in [0.15, 0.2) is 54.6 Å². The van der Waals surface area contributed by atoms with Gasteiger partial charge in [0, 0.05) is 19.0 Å². The Morgan fingerprint density at radius 3 is 2.35 bits per heavy atom. The molecule has 0 aromatic heterocycles. The number of hydrogen-bond acceptors (Lipinski definition) is 2. The number of benzene rings is 2. The minimum atomic E-state index is -0.215. The van der Waals surface area contributed by atoms with Gasteiger partial charge in [0.25, 0.3) is 5.91 Å². The summed E-state index contributed by atoms with van der Waals surface area (Å²) in [5.74, 6) is 0.129. The van der Waals surface area contributed by atoms with Crippen molar-refractivity contribution in [1.29, 1.82) is 0 Å². The maximum absolute atomic E-state index is 12.5. The Balaban J connectivity index is 2.20. The van der Waals surface area contributed by atoms with E-state index < -0.39 is 0 Å². The first-order valence-corrected chi connectivity index (χ1v) is 6.93. The van der Waals surface area contributed by atoms with Crippen LogP contribution in [0.3, 0.4) is 0 Å². The number of rotatable bonds is 5. The van der Waals surface area contributed by atoms with Gasteiger partial charge in [-0.3, -0.25) is 4.79 Å². The van der Waals surface area contributed by atoms with Crippen LogP contribution in [0.25, 0.3) is 0 Å². The lowest BCUT2D eigenvalue weighted by Gasteiger charge is -2.22. The van der Waals surface area contributed by atoms with E-state index in [2.05, 4.69) is 0 Å². The number of halogens is 1. The van der Waals surface area contributed by atoms with Gasteiger partial charge in [0.05, 0.1) is 5.56 Å². The molecule has 0 saturated carbocycles. The normalized spacial score (nSPS) is 10.2. The maximum atomic E-state index is 12.5. The van der Waals surface area contributed by atoms with E-state index in [9.17, 15) is 9.90 Å². The molecule has 2 aromatic rings. The average Bonchev–Trinajstić information content (AvgIpc) is 2.48. The minimum Gasteiger partial charge on any atom is -0.507 e. The van der Waals surface area contributed by atoms with E-state index in [-0.39, 0.29) is 11.7 Å². The molecule has 0 radical (unpaired) electrons. The Labute approximate surface area is 123 Å². The van der Waals surface area contributed by atoms with E-state index in [1.807, 2.05) is 30.3 Å². The zero-order valence-corrected chi connectivity index (χ0v) is 11.8. The summed E-state index contributed by atoms with van der Waals surface area (Å²) in [5, 5.41) is 9.78. The van der Waals surface area contributed by atoms with Gasteiger partial charge in [0.2, 0.25) is 0 Å². The molecule has 0 unspecified atom stereocenters. The largest absolute Gasteiger partial charge is 0.507 e. The first-order chi connectivity index (χ1) is 9.72. The van der Waals surface area contributed by atoms with E-state index in [4.69, 9.17) is 11.6 Å². The van der Waals surface area contributed by atoms with Crippen molar-refractivity contribution in [2.24, 2.45) is 0 Å². The summed E-state index contributed by atoms with van der Waals surface area (Å²) in [6.45, 7) is 0.907. The summed E-state index contributed by atoms with van der Waals surface area (Å²) in [7, 11) is 0. The summed E-state index contributed by atoms with van der Waals surface area (Å²) < 4.78 is 0. The van der Waals surface area contributed by atoms with Gasteiger partial charge in [-0.2, -0.15) is 0 Å². The molecule has 0 bridgehead atoms.